The van der Waals surface area contributed by atoms with Crippen molar-refractivity contribution in [1.29, 1.82) is 0 Å². The van der Waals surface area contributed by atoms with E-state index in [0.717, 1.165) is 12.3 Å². The van der Waals surface area contributed by atoms with E-state index in [1.54, 1.807) is 4.90 Å². The number of aromatic nitrogens is 1. The second-order valence-electron chi connectivity index (χ2n) is 4.28. The Morgan fingerprint density at radius 3 is 2.35 bits per heavy atom. The number of carboxylic acid groups (broad SMARTS) is 1. The van der Waals surface area contributed by atoms with Crippen molar-refractivity contribution in [3.63, 3.8) is 0 Å². The van der Waals surface area contributed by atoms with Crippen LogP contribution < -0.4 is 4.90 Å². The van der Waals surface area contributed by atoms with Gasteiger partial charge in [0.1, 0.15) is 5.82 Å². The van der Waals surface area contributed by atoms with Gasteiger partial charge in [0, 0.05) is 32.4 Å². The molecule has 1 aliphatic heterocycles. The number of hydrogen-bond donors (Lipinski definition) is 1. The highest BCUT2D eigenvalue weighted by molar-refractivity contribution is 6.33. The molecule has 0 radical (unpaired) electrons. The first-order chi connectivity index (χ1) is 9.29. The highest BCUT2D eigenvalue weighted by Crippen LogP contribution is 2.33. The number of pyridine rings is 1. The molecule has 0 spiro atoms. The molecule has 1 N–H and O–H groups in total. The van der Waals surface area contributed by atoms with Crippen LogP contribution in [0.4, 0.5) is 23.8 Å². The topological polar surface area (TPSA) is 56.7 Å². The van der Waals surface area contributed by atoms with Gasteiger partial charge < -0.3 is 14.9 Å². The monoisotopic (exact) mass is 309 g/mol. The van der Waals surface area contributed by atoms with E-state index in [1.807, 2.05) is 0 Å². The number of hydrogen-bond acceptors (Lipinski definition) is 3. The van der Waals surface area contributed by atoms with Crippen molar-refractivity contribution in [2.75, 3.05) is 31.1 Å². The quantitative estimate of drug-likeness (QED) is 0.866. The van der Waals surface area contributed by atoms with Gasteiger partial charge in [0.2, 0.25) is 0 Å². The molecule has 1 saturated heterocycles. The summed E-state index contributed by atoms with van der Waals surface area (Å²) >= 11 is 5.83. The van der Waals surface area contributed by atoms with Crippen LogP contribution >= 0.6 is 11.6 Å². The van der Waals surface area contributed by atoms with Crippen LogP contribution in [0.25, 0.3) is 0 Å². The van der Waals surface area contributed by atoms with Crippen LogP contribution in [0.15, 0.2) is 12.3 Å². The minimum absolute atomic E-state index is 0.0939. The minimum Gasteiger partial charge on any atom is -0.465 e. The SMILES string of the molecule is O=C(O)N1CCN(c2ncc(C(F)(F)F)cc2Cl)CC1. The third-order valence-electron chi connectivity index (χ3n) is 3.00. The number of halogens is 4. The first-order valence-corrected chi connectivity index (χ1v) is 6.12. The number of rotatable bonds is 1. The molecule has 1 fully saturated rings. The molecule has 1 aromatic heterocycles. The fourth-order valence-corrected chi connectivity index (χ4v) is 2.21. The van der Waals surface area contributed by atoms with Crippen LogP contribution in [-0.2, 0) is 6.18 Å². The zero-order valence-electron chi connectivity index (χ0n) is 10.2. The molecule has 1 aliphatic rings. The lowest BCUT2D eigenvalue weighted by Crippen LogP contribution is -2.48. The van der Waals surface area contributed by atoms with Crippen molar-refractivity contribution in [3.05, 3.63) is 22.8 Å². The van der Waals surface area contributed by atoms with Gasteiger partial charge in [-0.15, -0.1) is 0 Å². The largest absolute Gasteiger partial charge is 0.465 e. The van der Waals surface area contributed by atoms with Crippen molar-refractivity contribution >= 4 is 23.5 Å². The van der Waals surface area contributed by atoms with Crippen LogP contribution in [0, 0.1) is 0 Å². The molecule has 20 heavy (non-hydrogen) atoms. The second kappa shape index (κ2) is 5.35. The molecular weight excluding hydrogens is 299 g/mol. The van der Waals surface area contributed by atoms with E-state index in [-0.39, 0.29) is 23.9 Å². The van der Waals surface area contributed by atoms with E-state index in [0.29, 0.717) is 13.1 Å². The van der Waals surface area contributed by atoms with Crippen LogP contribution in [0.1, 0.15) is 5.56 Å². The van der Waals surface area contributed by atoms with Crippen LogP contribution in [0.2, 0.25) is 5.02 Å². The molecule has 0 aliphatic carbocycles. The Kier molecular flexibility index (Phi) is 3.94. The number of piperazine rings is 1. The van der Waals surface area contributed by atoms with Crippen molar-refractivity contribution in [1.82, 2.24) is 9.88 Å². The zero-order chi connectivity index (χ0) is 14.9. The molecule has 9 heteroatoms. The van der Waals surface area contributed by atoms with Crippen LogP contribution in [0.5, 0.6) is 0 Å². The van der Waals surface area contributed by atoms with Gasteiger partial charge in [-0.25, -0.2) is 9.78 Å². The molecule has 0 atom stereocenters. The molecule has 2 rings (SSSR count). The van der Waals surface area contributed by atoms with Crippen molar-refractivity contribution in [3.8, 4) is 0 Å². The summed E-state index contributed by atoms with van der Waals surface area (Å²) in [6.45, 7) is 1.19. The third kappa shape index (κ3) is 3.06. The summed E-state index contributed by atoms with van der Waals surface area (Å²) in [7, 11) is 0. The van der Waals surface area contributed by atoms with E-state index in [1.165, 1.54) is 4.90 Å². The van der Waals surface area contributed by atoms with E-state index < -0.39 is 17.8 Å². The average Bonchev–Trinajstić information content (AvgIpc) is 2.37. The molecule has 110 valence electrons. The number of carbonyl (C=O) groups is 1. The summed E-state index contributed by atoms with van der Waals surface area (Å²) < 4.78 is 37.5. The number of alkyl halides is 3. The Hall–Kier alpha value is -1.70. The summed E-state index contributed by atoms with van der Waals surface area (Å²) in [4.78, 5) is 17.4. The molecule has 1 amide bonds. The van der Waals surface area contributed by atoms with Crippen LogP contribution in [-0.4, -0.2) is 47.3 Å². The van der Waals surface area contributed by atoms with Gasteiger partial charge >= 0.3 is 12.3 Å². The van der Waals surface area contributed by atoms with E-state index in [2.05, 4.69) is 4.98 Å². The first-order valence-electron chi connectivity index (χ1n) is 5.74. The summed E-state index contributed by atoms with van der Waals surface area (Å²) in [5.41, 5.74) is -0.907. The summed E-state index contributed by atoms with van der Waals surface area (Å²) in [6, 6.07) is 0.827. The molecule has 0 bridgehead atoms. The maximum atomic E-state index is 12.5. The second-order valence-corrected chi connectivity index (χ2v) is 4.69. The van der Waals surface area contributed by atoms with Gasteiger partial charge in [0.15, 0.2) is 0 Å². The standard InChI is InChI=1S/C11H11ClF3N3O2/c12-8-5-7(11(13,14)15)6-16-9(8)17-1-3-18(4-2-17)10(19)20/h5-6H,1-4H2,(H,19,20). The summed E-state index contributed by atoms with van der Waals surface area (Å²) in [5, 5.41) is 8.72. The van der Waals surface area contributed by atoms with Gasteiger partial charge in [-0.05, 0) is 6.07 Å². The minimum atomic E-state index is -4.49. The Labute approximate surface area is 117 Å². The maximum absolute atomic E-state index is 12.5. The highest BCUT2D eigenvalue weighted by atomic mass is 35.5. The highest BCUT2D eigenvalue weighted by Gasteiger charge is 2.32. The lowest BCUT2D eigenvalue weighted by molar-refractivity contribution is -0.137. The van der Waals surface area contributed by atoms with E-state index in [9.17, 15) is 18.0 Å². The third-order valence-corrected chi connectivity index (χ3v) is 3.28. The smallest absolute Gasteiger partial charge is 0.417 e. The van der Waals surface area contributed by atoms with Crippen molar-refractivity contribution in [2.24, 2.45) is 0 Å². The normalized spacial score (nSPS) is 16.4. The molecule has 0 aromatic carbocycles. The summed E-state index contributed by atoms with van der Waals surface area (Å²) in [5.74, 6) is 0.240. The van der Waals surface area contributed by atoms with Gasteiger partial charge in [-0.3, -0.25) is 0 Å². The lowest BCUT2D eigenvalue weighted by atomic mass is 10.2. The fraction of sp³-hybridized carbons (Fsp3) is 0.455. The van der Waals surface area contributed by atoms with E-state index in [4.69, 9.17) is 16.7 Å². The van der Waals surface area contributed by atoms with Crippen LogP contribution in [0.3, 0.4) is 0 Å². The molecule has 1 aromatic rings. The fourth-order valence-electron chi connectivity index (χ4n) is 1.93. The lowest BCUT2D eigenvalue weighted by Gasteiger charge is -2.34. The first kappa shape index (κ1) is 14.7. The average molecular weight is 310 g/mol. The van der Waals surface area contributed by atoms with Gasteiger partial charge in [-0.1, -0.05) is 11.6 Å². The number of amides is 1. The summed E-state index contributed by atoms with van der Waals surface area (Å²) in [6.07, 6.45) is -4.78. The van der Waals surface area contributed by atoms with Gasteiger partial charge in [0.25, 0.3) is 0 Å². The molecule has 0 saturated carbocycles. The Morgan fingerprint density at radius 1 is 1.30 bits per heavy atom. The molecule has 0 unspecified atom stereocenters. The van der Waals surface area contributed by atoms with Crippen molar-refractivity contribution in [2.45, 2.75) is 6.18 Å². The Bertz CT molecular complexity index is 516. The van der Waals surface area contributed by atoms with Gasteiger partial charge in [-0.2, -0.15) is 13.2 Å². The molecule has 5 nitrogen and oxygen atoms in total. The Balaban J connectivity index is 2.13. The number of nitrogens with zero attached hydrogens (tertiary/aromatic N) is 3. The predicted molar refractivity (Wildman–Crippen MR) is 66.1 cm³/mol. The molecule has 2 heterocycles. The zero-order valence-corrected chi connectivity index (χ0v) is 10.9. The Morgan fingerprint density at radius 2 is 1.90 bits per heavy atom. The predicted octanol–water partition coefficient (Wildman–Crippen LogP) is 2.55. The van der Waals surface area contributed by atoms with Gasteiger partial charge in [0.05, 0.1) is 10.6 Å². The molecular formula is C11H11ClF3N3O2. The van der Waals surface area contributed by atoms with E-state index >= 15 is 0 Å². The van der Waals surface area contributed by atoms with Crippen molar-refractivity contribution < 1.29 is 23.1 Å². The maximum Gasteiger partial charge on any atom is 0.417 e. The number of anilines is 1.